The number of anilines is 1. The predicted octanol–water partition coefficient (Wildman–Crippen LogP) is 3.44. The lowest BCUT2D eigenvalue weighted by atomic mass is 10.2. The molecule has 1 saturated carbocycles. The van der Waals surface area contributed by atoms with Gasteiger partial charge in [0.2, 0.25) is 0 Å². The number of aromatic nitrogens is 2. The quantitative estimate of drug-likeness (QED) is 0.554. The molecule has 2 aromatic rings. The maximum Gasteiger partial charge on any atom is 0.267 e. The Kier molecular flexibility index (Phi) is 4.91. The minimum absolute atomic E-state index is 0.0724. The summed E-state index contributed by atoms with van der Waals surface area (Å²) in [6.45, 7) is 1.75. The van der Waals surface area contributed by atoms with E-state index in [2.05, 4.69) is 4.90 Å². The SMILES string of the molecule is O=C1/C(=C/c2c(N3CCCC3)nc3ccccn3c2=O)SC(=S)N1C1CCCC1. The first-order valence-corrected chi connectivity index (χ1v) is 11.4. The molecule has 1 amide bonds. The van der Waals surface area contributed by atoms with Crippen molar-refractivity contribution >= 4 is 51.7 Å². The molecule has 2 aromatic heterocycles. The predicted molar refractivity (Wildman–Crippen MR) is 120 cm³/mol. The van der Waals surface area contributed by atoms with Gasteiger partial charge in [0.25, 0.3) is 11.5 Å². The van der Waals surface area contributed by atoms with Crippen LogP contribution in [0.1, 0.15) is 44.1 Å². The summed E-state index contributed by atoms with van der Waals surface area (Å²) in [6, 6.07) is 5.73. The van der Waals surface area contributed by atoms with Crippen molar-refractivity contribution in [1.82, 2.24) is 14.3 Å². The summed E-state index contributed by atoms with van der Waals surface area (Å²) in [5, 5.41) is 0. The number of rotatable bonds is 3. The number of nitrogens with zero attached hydrogens (tertiary/aromatic N) is 4. The lowest BCUT2D eigenvalue weighted by Gasteiger charge is -2.22. The first kappa shape index (κ1) is 18.8. The largest absolute Gasteiger partial charge is 0.356 e. The van der Waals surface area contributed by atoms with Crippen molar-refractivity contribution < 1.29 is 4.79 Å². The second-order valence-corrected chi connectivity index (χ2v) is 9.44. The molecule has 0 bridgehead atoms. The molecule has 2 saturated heterocycles. The number of carbonyl (C=O) groups is 1. The number of hydrogen-bond donors (Lipinski definition) is 0. The van der Waals surface area contributed by atoms with E-state index in [4.69, 9.17) is 17.2 Å². The van der Waals surface area contributed by atoms with E-state index in [1.807, 2.05) is 18.2 Å². The molecule has 6 nitrogen and oxygen atoms in total. The number of thiocarbonyl (C=S) groups is 1. The number of amides is 1. The number of pyridine rings is 1. The summed E-state index contributed by atoms with van der Waals surface area (Å²) < 4.78 is 2.15. The van der Waals surface area contributed by atoms with Crippen LogP contribution in [0.2, 0.25) is 0 Å². The van der Waals surface area contributed by atoms with Gasteiger partial charge in [0.15, 0.2) is 0 Å². The molecule has 4 heterocycles. The maximum absolute atomic E-state index is 13.3. The van der Waals surface area contributed by atoms with Gasteiger partial charge in [0.05, 0.1) is 10.5 Å². The van der Waals surface area contributed by atoms with E-state index in [9.17, 15) is 9.59 Å². The summed E-state index contributed by atoms with van der Waals surface area (Å²) in [5.41, 5.74) is 0.946. The number of fused-ring (bicyclic) bond motifs is 1. The van der Waals surface area contributed by atoms with Gasteiger partial charge < -0.3 is 4.90 Å². The van der Waals surface area contributed by atoms with Crippen molar-refractivity contribution in [2.24, 2.45) is 0 Å². The molecule has 3 aliphatic rings. The van der Waals surface area contributed by atoms with Crippen LogP contribution in [0.15, 0.2) is 34.1 Å². The van der Waals surface area contributed by atoms with Gasteiger partial charge in [-0.25, -0.2) is 4.98 Å². The van der Waals surface area contributed by atoms with Crippen LogP contribution in [-0.4, -0.2) is 43.6 Å². The third kappa shape index (κ3) is 3.28. The van der Waals surface area contributed by atoms with Crippen LogP contribution in [0.25, 0.3) is 11.7 Å². The Morgan fingerprint density at radius 3 is 2.62 bits per heavy atom. The zero-order chi connectivity index (χ0) is 20.0. The zero-order valence-corrected chi connectivity index (χ0v) is 17.7. The zero-order valence-electron chi connectivity index (χ0n) is 16.0. The Bertz CT molecular complexity index is 1080. The van der Waals surface area contributed by atoms with Gasteiger partial charge in [-0.1, -0.05) is 42.9 Å². The maximum atomic E-state index is 13.3. The molecular weight excluding hydrogens is 404 g/mol. The van der Waals surface area contributed by atoms with E-state index in [0.717, 1.165) is 51.6 Å². The van der Waals surface area contributed by atoms with Crippen molar-refractivity contribution in [3.8, 4) is 0 Å². The molecule has 0 unspecified atom stereocenters. The highest BCUT2D eigenvalue weighted by Gasteiger charge is 2.38. The number of hydrogen-bond acceptors (Lipinski definition) is 6. The molecule has 0 radical (unpaired) electrons. The lowest BCUT2D eigenvalue weighted by molar-refractivity contribution is -0.123. The fourth-order valence-corrected chi connectivity index (χ4v) is 5.86. The van der Waals surface area contributed by atoms with E-state index in [-0.39, 0.29) is 17.5 Å². The molecule has 3 fully saturated rings. The molecule has 29 heavy (non-hydrogen) atoms. The van der Waals surface area contributed by atoms with Gasteiger partial charge >= 0.3 is 0 Å². The Morgan fingerprint density at radius 2 is 1.86 bits per heavy atom. The molecule has 150 valence electrons. The highest BCUT2D eigenvalue weighted by atomic mass is 32.2. The molecule has 2 aliphatic heterocycles. The van der Waals surface area contributed by atoms with Crippen LogP contribution in [0.3, 0.4) is 0 Å². The normalized spacial score (nSPS) is 22.0. The molecule has 8 heteroatoms. The molecule has 0 spiro atoms. The first-order valence-electron chi connectivity index (χ1n) is 10.2. The second-order valence-electron chi connectivity index (χ2n) is 7.77. The van der Waals surface area contributed by atoms with Crippen molar-refractivity contribution in [2.75, 3.05) is 18.0 Å². The van der Waals surface area contributed by atoms with Gasteiger partial charge in [0.1, 0.15) is 15.8 Å². The average Bonchev–Trinajstić information content (AvgIpc) is 3.47. The Morgan fingerprint density at radius 1 is 1.10 bits per heavy atom. The fraction of sp³-hybridized carbons (Fsp3) is 0.429. The van der Waals surface area contributed by atoms with Gasteiger partial charge in [-0.05, 0) is 43.9 Å². The van der Waals surface area contributed by atoms with Crippen LogP contribution in [-0.2, 0) is 4.79 Å². The van der Waals surface area contributed by atoms with Crippen molar-refractivity contribution in [3.05, 3.63) is 45.2 Å². The summed E-state index contributed by atoms with van der Waals surface area (Å²) in [7, 11) is 0. The van der Waals surface area contributed by atoms with E-state index in [1.54, 1.807) is 21.6 Å². The molecule has 5 rings (SSSR count). The fourth-order valence-electron chi connectivity index (χ4n) is 4.48. The third-order valence-corrected chi connectivity index (χ3v) is 7.27. The van der Waals surface area contributed by atoms with Crippen molar-refractivity contribution in [2.45, 2.75) is 44.6 Å². The van der Waals surface area contributed by atoms with E-state index in [0.29, 0.717) is 26.3 Å². The number of carbonyl (C=O) groups excluding carboxylic acids is 1. The standard InChI is InChI=1S/C21H22N4O2S2/c26-19-15(13-16-20(27)25(21(28)29-16)14-7-1-2-8-14)18(23-10-5-6-11-23)22-17-9-3-4-12-24(17)19/h3-4,9,12-14H,1-2,5-8,10-11H2/b16-13-. The summed E-state index contributed by atoms with van der Waals surface area (Å²) in [5.74, 6) is 0.599. The molecular formula is C21H22N4O2S2. The molecule has 0 atom stereocenters. The minimum Gasteiger partial charge on any atom is -0.356 e. The van der Waals surface area contributed by atoms with Crippen LogP contribution >= 0.6 is 24.0 Å². The Balaban J connectivity index is 1.61. The highest BCUT2D eigenvalue weighted by molar-refractivity contribution is 8.26. The first-order chi connectivity index (χ1) is 14.1. The smallest absolute Gasteiger partial charge is 0.267 e. The van der Waals surface area contributed by atoms with Gasteiger partial charge in [-0.3, -0.25) is 18.9 Å². The molecule has 0 N–H and O–H groups in total. The summed E-state index contributed by atoms with van der Waals surface area (Å²) in [6.07, 6.45) is 9.87. The Hall–Kier alpha value is -2.19. The number of thioether (sulfide) groups is 1. The lowest BCUT2D eigenvalue weighted by Crippen LogP contribution is -2.36. The van der Waals surface area contributed by atoms with Crippen LogP contribution < -0.4 is 10.5 Å². The van der Waals surface area contributed by atoms with Gasteiger partial charge in [-0.2, -0.15) is 0 Å². The van der Waals surface area contributed by atoms with Gasteiger partial charge in [-0.15, -0.1) is 0 Å². The van der Waals surface area contributed by atoms with Crippen LogP contribution in [0.5, 0.6) is 0 Å². The van der Waals surface area contributed by atoms with Crippen LogP contribution in [0, 0.1) is 0 Å². The van der Waals surface area contributed by atoms with Crippen molar-refractivity contribution in [1.29, 1.82) is 0 Å². The minimum atomic E-state index is -0.149. The van der Waals surface area contributed by atoms with E-state index in [1.165, 1.54) is 11.8 Å². The van der Waals surface area contributed by atoms with Crippen molar-refractivity contribution in [3.63, 3.8) is 0 Å². The summed E-state index contributed by atoms with van der Waals surface area (Å²) >= 11 is 6.82. The topological polar surface area (TPSA) is 57.9 Å². The average molecular weight is 427 g/mol. The van der Waals surface area contributed by atoms with E-state index < -0.39 is 0 Å². The molecule has 0 aromatic carbocycles. The highest BCUT2D eigenvalue weighted by Crippen LogP contribution is 2.38. The summed E-state index contributed by atoms with van der Waals surface area (Å²) in [4.78, 5) is 35.6. The molecule has 1 aliphatic carbocycles. The van der Waals surface area contributed by atoms with Gasteiger partial charge in [0, 0.05) is 25.3 Å². The van der Waals surface area contributed by atoms with Crippen LogP contribution in [0.4, 0.5) is 5.82 Å². The monoisotopic (exact) mass is 426 g/mol. The Labute approximate surface area is 178 Å². The third-order valence-electron chi connectivity index (χ3n) is 5.94. The second kappa shape index (κ2) is 7.57. The van der Waals surface area contributed by atoms with E-state index >= 15 is 0 Å².